The van der Waals surface area contributed by atoms with Crippen molar-refractivity contribution in [3.63, 3.8) is 0 Å². The molecule has 9 heteroatoms. The number of nitrogens with zero attached hydrogens (tertiary/aromatic N) is 1. The lowest BCUT2D eigenvalue weighted by molar-refractivity contribution is -0.148. The molecule has 156 valence electrons. The van der Waals surface area contributed by atoms with Crippen LogP contribution in [0.4, 0.5) is 4.39 Å². The number of carbonyl (C=O) groups is 1. The smallest absolute Gasteiger partial charge is 0.243 e. The van der Waals surface area contributed by atoms with Crippen molar-refractivity contribution in [2.75, 3.05) is 19.6 Å². The molecule has 3 aliphatic heterocycles. The van der Waals surface area contributed by atoms with Gasteiger partial charge in [0.2, 0.25) is 15.9 Å². The summed E-state index contributed by atoms with van der Waals surface area (Å²) in [4.78, 5) is 14.2. The number of hydrogen-bond donors (Lipinski definition) is 2. The molecule has 2 N–H and O–H groups in total. The predicted molar refractivity (Wildman–Crippen MR) is 106 cm³/mol. The van der Waals surface area contributed by atoms with E-state index in [-0.39, 0.29) is 47.8 Å². The summed E-state index contributed by atoms with van der Waals surface area (Å²) in [6.45, 7) is 3.52. The second-order valence-electron chi connectivity index (χ2n) is 8.03. The van der Waals surface area contributed by atoms with Crippen LogP contribution in [0.5, 0.6) is 0 Å². The van der Waals surface area contributed by atoms with Gasteiger partial charge in [0.1, 0.15) is 10.7 Å². The van der Waals surface area contributed by atoms with Crippen LogP contribution in [0.1, 0.15) is 31.2 Å². The molecule has 3 heterocycles. The zero-order valence-corrected chi connectivity index (χ0v) is 17.5. The SMILES string of the molecule is Cc1ccc(S(=O)(=O)NC[C@H]2[C@@H]3CNC[C@@H](C3)[C@@H]3CCCC(=O)N32)c(F)c1.Cl. The lowest BCUT2D eigenvalue weighted by Crippen LogP contribution is -2.66. The fourth-order valence-corrected chi connectivity index (χ4v) is 6.10. The van der Waals surface area contributed by atoms with E-state index in [2.05, 4.69) is 10.0 Å². The van der Waals surface area contributed by atoms with Crippen molar-refractivity contribution in [1.29, 1.82) is 0 Å². The molecule has 0 radical (unpaired) electrons. The third-order valence-electron chi connectivity index (χ3n) is 6.26. The molecule has 0 saturated carbocycles. The highest BCUT2D eigenvalue weighted by Crippen LogP contribution is 2.39. The van der Waals surface area contributed by atoms with Crippen molar-refractivity contribution in [1.82, 2.24) is 14.9 Å². The number of amides is 1. The minimum atomic E-state index is -3.97. The number of carbonyl (C=O) groups excluding carboxylic acids is 1. The summed E-state index contributed by atoms with van der Waals surface area (Å²) in [5.74, 6) is 0.0223. The van der Waals surface area contributed by atoms with Gasteiger partial charge in [0.25, 0.3) is 0 Å². The Morgan fingerprint density at radius 1 is 1.29 bits per heavy atom. The van der Waals surface area contributed by atoms with Crippen molar-refractivity contribution in [2.45, 2.75) is 49.6 Å². The first-order valence-corrected chi connectivity index (χ1v) is 11.1. The molecule has 2 bridgehead atoms. The molecule has 0 aromatic heterocycles. The molecular formula is C19H27ClFN3O3S. The molecule has 6 nitrogen and oxygen atoms in total. The maximum Gasteiger partial charge on any atom is 0.243 e. The van der Waals surface area contributed by atoms with Crippen LogP contribution in [0, 0.1) is 24.6 Å². The van der Waals surface area contributed by atoms with E-state index in [1.807, 2.05) is 4.90 Å². The molecule has 0 aliphatic carbocycles. The first-order valence-electron chi connectivity index (χ1n) is 9.64. The zero-order valence-electron chi connectivity index (χ0n) is 15.9. The molecule has 4 rings (SSSR count). The zero-order chi connectivity index (χ0) is 19.2. The van der Waals surface area contributed by atoms with Crippen LogP contribution in [-0.2, 0) is 14.8 Å². The van der Waals surface area contributed by atoms with Crippen LogP contribution < -0.4 is 10.0 Å². The molecule has 1 amide bonds. The van der Waals surface area contributed by atoms with Crippen LogP contribution >= 0.6 is 12.4 Å². The lowest BCUT2D eigenvalue weighted by Gasteiger charge is -2.54. The fourth-order valence-electron chi connectivity index (χ4n) is 4.99. The Balaban J connectivity index is 0.00000225. The van der Waals surface area contributed by atoms with Gasteiger partial charge in [0.15, 0.2) is 0 Å². The van der Waals surface area contributed by atoms with Crippen molar-refractivity contribution < 1.29 is 17.6 Å². The minimum Gasteiger partial charge on any atom is -0.335 e. The van der Waals surface area contributed by atoms with Gasteiger partial charge in [-0.3, -0.25) is 4.79 Å². The van der Waals surface area contributed by atoms with Crippen molar-refractivity contribution in [3.8, 4) is 0 Å². The third kappa shape index (κ3) is 3.92. The van der Waals surface area contributed by atoms with Gasteiger partial charge in [0.05, 0.1) is 0 Å². The summed E-state index contributed by atoms with van der Waals surface area (Å²) in [5, 5.41) is 3.43. The summed E-state index contributed by atoms with van der Waals surface area (Å²) >= 11 is 0. The van der Waals surface area contributed by atoms with E-state index in [4.69, 9.17) is 0 Å². The average Bonchev–Trinajstić information content (AvgIpc) is 2.62. The summed E-state index contributed by atoms with van der Waals surface area (Å²) in [7, 11) is -3.97. The van der Waals surface area contributed by atoms with E-state index in [1.165, 1.54) is 12.1 Å². The van der Waals surface area contributed by atoms with Crippen LogP contribution in [0.2, 0.25) is 0 Å². The first kappa shape index (κ1) is 21.5. The van der Waals surface area contributed by atoms with Crippen LogP contribution in [0.3, 0.4) is 0 Å². The number of fused-ring (bicyclic) bond motifs is 4. The second-order valence-corrected chi connectivity index (χ2v) is 9.76. The number of hydrogen-bond acceptors (Lipinski definition) is 4. The Bertz CT molecular complexity index is 851. The third-order valence-corrected chi connectivity index (χ3v) is 7.72. The van der Waals surface area contributed by atoms with Crippen molar-refractivity contribution in [3.05, 3.63) is 29.6 Å². The quantitative estimate of drug-likeness (QED) is 0.762. The highest BCUT2D eigenvalue weighted by Gasteiger charge is 2.47. The average molecular weight is 432 g/mol. The molecule has 0 unspecified atom stereocenters. The number of benzene rings is 1. The molecule has 1 aromatic carbocycles. The highest BCUT2D eigenvalue weighted by molar-refractivity contribution is 7.89. The summed E-state index contributed by atoms with van der Waals surface area (Å²) < 4.78 is 42.0. The van der Waals surface area contributed by atoms with E-state index in [0.717, 1.165) is 32.4 Å². The highest BCUT2D eigenvalue weighted by atomic mass is 35.5. The van der Waals surface area contributed by atoms with E-state index in [1.54, 1.807) is 13.0 Å². The Morgan fingerprint density at radius 2 is 2.04 bits per heavy atom. The molecule has 1 aromatic rings. The predicted octanol–water partition coefficient (Wildman–Crippen LogP) is 1.82. The van der Waals surface area contributed by atoms with E-state index < -0.39 is 15.8 Å². The summed E-state index contributed by atoms with van der Waals surface area (Å²) in [5.41, 5.74) is 0.666. The van der Waals surface area contributed by atoms with Gasteiger partial charge >= 0.3 is 0 Å². The summed E-state index contributed by atoms with van der Waals surface area (Å²) in [6.07, 6.45) is 3.40. The topological polar surface area (TPSA) is 78.5 Å². The van der Waals surface area contributed by atoms with Crippen LogP contribution in [0.15, 0.2) is 23.1 Å². The molecule has 4 atom stereocenters. The van der Waals surface area contributed by atoms with Crippen molar-refractivity contribution >= 4 is 28.3 Å². The number of piperidine rings is 3. The molecular weight excluding hydrogens is 405 g/mol. The van der Waals surface area contributed by atoms with Gasteiger partial charge in [-0.1, -0.05) is 6.07 Å². The van der Waals surface area contributed by atoms with Gasteiger partial charge in [0, 0.05) is 25.0 Å². The number of rotatable bonds is 4. The number of aryl methyl sites for hydroxylation is 1. The van der Waals surface area contributed by atoms with Gasteiger partial charge in [-0.05, 0) is 68.8 Å². The molecule has 3 saturated heterocycles. The maximum atomic E-state index is 14.2. The maximum absolute atomic E-state index is 14.2. The Labute approximate surface area is 171 Å². The summed E-state index contributed by atoms with van der Waals surface area (Å²) in [6, 6.07) is 4.09. The Kier molecular flexibility index (Phi) is 6.34. The van der Waals surface area contributed by atoms with Gasteiger partial charge in [-0.25, -0.2) is 17.5 Å². The largest absolute Gasteiger partial charge is 0.335 e. The lowest BCUT2D eigenvalue weighted by atomic mass is 9.72. The van der Waals surface area contributed by atoms with E-state index in [0.29, 0.717) is 17.9 Å². The Morgan fingerprint density at radius 3 is 2.79 bits per heavy atom. The van der Waals surface area contributed by atoms with Gasteiger partial charge in [-0.2, -0.15) is 0 Å². The first-order chi connectivity index (χ1) is 12.9. The van der Waals surface area contributed by atoms with Gasteiger partial charge < -0.3 is 10.2 Å². The molecule has 3 aliphatic rings. The van der Waals surface area contributed by atoms with Gasteiger partial charge in [-0.15, -0.1) is 12.4 Å². The number of sulfonamides is 1. The minimum absolute atomic E-state index is 0. The van der Waals surface area contributed by atoms with Crippen LogP contribution in [0.25, 0.3) is 0 Å². The molecule has 0 spiro atoms. The van der Waals surface area contributed by atoms with E-state index >= 15 is 0 Å². The van der Waals surface area contributed by atoms with Crippen molar-refractivity contribution in [2.24, 2.45) is 11.8 Å². The number of nitrogens with one attached hydrogen (secondary N) is 2. The van der Waals surface area contributed by atoms with Crippen LogP contribution in [-0.4, -0.2) is 50.9 Å². The Hall–Kier alpha value is -1.22. The fraction of sp³-hybridized carbons (Fsp3) is 0.632. The molecule has 3 fully saturated rings. The second kappa shape index (κ2) is 8.26. The molecule has 28 heavy (non-hydrogen) atoms. The normalized spacial score (nSPS) is 29.8. The number of halogens is 2. The standard InChI is InChI=1S/C19H26FN3O3S.ClH/c1-12-5-6-18(15(20)7-12)27(25,26)22-11-17-14-8-13(9-21-10-14)16-3-2-4-19(24)23(16)17;/h5-7,13-14,16-17,21-22H,2-4,8-11H2,1H3;1H/t13-,14+,16+,17+;/m1./s1. The monoisotopic (exact) mass is 431 g/mol. The van der Waals surface area contributed by atoms with E-state index in [9.17, 15) is 17.6 Å².